The lowest BCUT2D eigenvalue weighted by Gasteiger charge is -2.37. The Labute approximate surface area is 152 Å². The van der Waals surface area contributed by atoms with E-state index in [-0.39, 0.29) is 30.9 Å². The van der Waals surface area contributed by atoms with Crippen molar-refractivity contribution in [3.63, 3.8) is 0 Å². The molecule has 140 valence electrons. The number of ether oxygens (including phenoxy) is 1. The highest BCUT2D eigenvalue weighted by molar-refractivity contribution is 6.06. The lowest BCUT2D eigenvalue weighted by atomic mass is 9.77. The van der Waals surface area contributed by atoms with Crippen LogP contribution < -0.4 is 0 Å². The van der Waals surface area contributed by atoms with Crippen LogP contribution in [0.15, 0.2) is 18.7 Å². The zero-order chi connectivity index (χ0) is 18.9. The number of rotatable bonds is 2. The summed E-state index contributed by atoms with van der Waals surface area (Å²) in [7, 11) is 0. The van der Waals surface area contributed by atoms with Crippen LogP contribution in [0.3, 0.4) is 0 Å². The molecule has 0 saturated carbocycles. The molecule has 3 heterocycles. The molecule has 1 aromatic rings. The maximum atomic E-state index is 12.9. The number of likely N-dealkylation sites (tertiary alicyclic amines) is 2. The highest BCUT2D eigenvalue weighted by Crippen LogP contribution is 2.42. The first-order valence-corrected chi connectivity index (χ1v) is 8.77. The molecular weight excluding hydrogens is 336 g/mol. The van der Waals surface area contributed by atoms with Crippen molar-refractivity contribution in [2.24, 2.45) is 5.41 Å². The van der Waals surface area contributed by atoms with Crippen molar-refractivity contribution in [3.05, 3.63) is 24.3 Å². The van der Waals surface area contributed by atoms with Crippen molar-refractivity contribution in [3.8, 4) is 0 Å². The summed E-state index contributed by atoms with van der Waals surface area (Å²) in [4.78, 5) is 48.3. The molecule has 8 heteroatoms. The fraction of sp³-hybridized carbons (Fsp3) is 0.611. The van der Waals surface area contributed by atoms with Gasteiger partial charge in [-0.15, -0.1) is 0 Å². The largest absolute Gasteiger partial charge is 0.444 e. The normalized spacial score (nSPS) is 20.0. The van der Waals surface area contributed by atoms with Gasteiger partial charge in [0.2, 0.25) is 11.8 Å². The Morgan fingerprint density at radius 3 is 2.38 bits per heavy atom. The number of hydrogen-bond donors (Lipinski definition) is 0. The summed E-state index contributed by atoms with van der Waals surface area (Å²) in [6.45, 7) is 6.48. The van der Waals surface area contributed by atoms with Gasteiger partial charge in [-0.05, 0) is 33.6 Å². The predicted molar refractivity (Wildman–Crippen MR) is 91.7 cm³/mol. The SMILES string of the molecule is CC(C)(C)OC(=O)N1CCC2(CC1)CC(=O)N(Cc1cncnc1)C2=O. The second-order valence-corrected chi connectivity index (χ2v) is 7.96. The smallest absolute Gasteiger partial charge is 0.410 e. The van der Waals surface area contributed by atoms with E-state index in [1.165, 1.54) is 11.2 Å². The highest BCUT2D eigenvalue weighted by atomic mass is 16.6. The molecule has 0 aliphatic carbocycles. The van der Waals surface area contributed by atoms with Gasteiger partial charge in [-0.25, -0.2) is 14.8 Å². The number of carbonyl (C=O) groups excluding carboxylic acids is 3. The first kappa shape index (κ1) is 18.3. The molecule has 0 radical (unpaired) electrons. The summed E-state index contributed by atoms with van der Waals surface area (Å²) in [5.74, 6) is -0.334. The quantitative estimate of drug-likeness (QED) is 0.746. The third kappa shape index (κ3) is 3.68. The minimum Gasteiger partial charge on any atom is -0.444 e. The van der Waals surface area contributed by atoms with E-state index in [0.29, 0.717) is 25.9 Å². The average molecular weight is 360 g/mol. The Bertz CT molecular complexity index is 706. The van der Waals surface area contributed by atoms with E-state index in [1.54, 1.807) is 17.3 Å². The Hall–Kier alpha value is -2.51. The summed E-state index contributed by atoms with van der Waals surface area (Å²) >= 11 is 0. The van der Waals surface area contributed by atoms with E-state index in [4.69, 9.17) is 4.74 Å². The van der Waals surface area contributed by atoms with E-state index >= 15 is 0 Å². The molecule has 2 saturated heterocycles. The molecule has 0 aromatic carbocycles. The fourth-order valence-electron chi connectivity index (χ4n) is 3.45. The maximum Gasteiger partial charge on any atom is 0.410 e. The van der Waals surface area contributed by atoms with Gasteiger partial charge in [-0.3, -0.25) is 14.5 Å². The Morgan fingerprint density at radius 1 is 1.19 bits per heavy atom. The third-order valence-corrected chi connectivity index (χ3v) is 4.82. The molecule has 26 heavy (non-hydrogen) atoms. The minimum absolute atomic E-state index is 0.157. The second-order valence-electron chi connectivity index (χ2n) is 7.96. The topological polar surface area (TPSA) is 92.7 Å². The highest BCUT2D eigenvalue weighted by Gasteiger charge is 2.53. The first-order valence-electron chi connectivity index (χ1n) is 8.77. The summed E-state index contributed by atoms with van der Waals surface area (Å²) in [5.41, 5.74) is -0.539. The van der Waals surface area contributed by atoms with Crippen LogP contribution in [0, 0.1) is 5.41 Å². The Kier molecular flexibility index (Phi) is 4.68. The van der Waals surface area contributed by atoms with Gasteiger partial charge in [0.05, 0.1) is 12.0 Å². The van der Waals surface area contributed by atoms with Gasteiger partial charge in [0, 0.05) is 37.5 Å². The van der Waals surface area contributed by atoms with Crippen LogP contribution in [0.4, 0.5) is 4.79 Å². The molecular formula is C18H24N4O4. The van der Waals surface area contributed by atoms with Crippen LogP contribution in [-0.2, 0) is 20.9 Å². The Balaban J connectivity index is 1.64. The van der Waals surface area contributed by atoms with Crippen LogP contribution in [0.2, 0.25) is 0 Å². The predicted octanol–water partition coefficient (Wildman–Crippen LogP) is 1.75. The summed E-state index contributed by atoms with van der Waals surface area (Å²) in [6, 6.07) is 0. The Morgan fingerprint density at radius 2 is 1.81 bits per heavy atom. The van der Waals surface area contributed by atoms with Gasteiger partial charge >= 0.3 is 6.09 Å². The monoisotopic (exact) mass is 360 g/mol. The molecule has 1 spiro atoms. The first-order chi connectivity index (χ1) is 12.2. The summed E-state index contributed by atoms with van der Waals surface area (Å²) < 4.78 is 5.39. The maximum absolute atomic E-state index is 12.9. The molecule has 0 N–H and O–H groups in total. The van der Waals surface area contributed by atoms with Crippen molar-refractivity contribution >= 4 is 17.9 Å². The second kappa shape index (κ2) is 6.66. The molecule has 8 nitrogen and oxygen atoms in total. The van der Waals surface area contributed by atoms with Crippen molar-refractivity contribution in [2.45, 2.75) is 52.2 Å². The van der Waals surface area contributed by atoms with Gasteiger partial charge in [-0.2, -0.15) is 0 Å². The van der Waals surface area contributed by atoms with Crippen molar-refractivity contribution < 1.29 is 19.1 Å². The van der Waals surface area contributed by atoms with Gasteiger partial charge in [-0.1, -0.05) is 0 Å². The molecule has 3 amide bonds. The van der Waals surface area contributed by atoms with Crippen molar-refractivity contribution in [1.29, 1.82) is 0 Å². The molecule has 0 bridgehead atoms. The molecule has 0 unspecified atom stereocenters. The zero-order valence-electron chi connectivity index (χ0n) is 15.4. The zero-order valence-corrected chi connectivity index (χ0v) is 15.4. The fourth-order valence-corrected chi connectivity index (χ4v) is 3.45. The summed E-state index contributed by atoms with van der Waals surface area (Å²) in [6.07, 6.45) is 5.37. The molecule has 2 fully saturated rings. The van der Waals surface area contributed by atoms with Crippen LogP contribution in [0.25, 0.3) is 0 Å². The van der Waals surface area contributed by atoms with E-state index in [0.717, 1.165) is 5.56 Å². The molecule has 3 rings (SSSR count). The molecule has 1 aromatic heterocycles. The van der Waals surface area contributed by atoms with Crippen molar-refractivity contribution in [1.82, 2.24) is 19.8 Å². The summed E-state index contributed by atoms with van der Waals surface area (Å²) in [5, 5.41) is 0. The van der Waals surface area contributed by atoms with Gasteiger partial charge in [0.25, 0.3) is 0 Å². The number of imide groups is 1. The third-order valence-electron chi connectivity index (χ3n) is 4.82. The number of aromatic nitrogens is 2. The molecule has 2 aliphatic heterocycles. The number of carbonyl (C=O) groups is 3. The lowest BCUT2D eigenvalue weighted by molar-refractivity contribution is -0.143. The number of hydrogen-bond acceptors (Lipinski definition) is 6. The number of nitrogens with zero attached hydrogens (tertiary/aromatic N) is 4. The van der Waals surface area contributed by atoms with Crippen LogP contribution >= 0.6 is 0 Å². The van der Waals surface area contributed by atoms with E-state index < -0.39 is 11.0 Å². The van der Waals surface area contributed by atoms with Gasteiger partial charge < -0.3 is 9.64 Å². The van der Waals surface area contributed by atoms with Gasteiger partial charge in [0.1, 0.15) is 11.9 Å². The lowest BCUT2D eigenvalue weighted by Crippen LogP contribution is -2.47. The van der Waals surface area contributed by atoms with Gasteiger partial charge in [0.15, 0.2) is 0 Å². The standard InChI is InChI=1S/C18H24N4O4/c1-17(2,3)26-16(25)21-6-4-18(5-7-21)8-14(23)22(15(18)24)11-13-9-19-12-20-10-13/h9-10,12H,4-8,11H2,1-3H3. The molecule has 0 atom stereocenters. The average Bonchev–Trinajstić information content (AvgIpc) is 2.79. The number of amides is 3. The van der Waals surface area contributed by atoms with E-state index in [9.17, 15) is 14.4 Å². The van der Waals surface area contributed by atoms with E-state index in [1.807, 2.05) is 20.8 Å². The van der Waals surface area contributed by atoms with Crippen molar-refractivity contribution in [2.75, 3.05) is 13.1 Å². The van der Waals surface area contributed by atoms with Crippen LogP contribution in [0.1, 0.15) is 45.6 Å². The van der Waals surface area contributed by atoms with Crippen LogP contribution in [-0.4, -0.2) is 56.4 Å². The minimum atomic E-state index is -0.703. The van der Waals surface area contributed by atoms with E-state index in [2.05, 4.69) is 9.97 Å². The van der Waals surface area contributed by atoms with Crippen LogP contribution in [0.5, 0.6) is 0 Å². The number of piperidine rings is 1. The molecule has 2 aliphatic rings.